The maximum absolute atomic E-state index is 13.0. The summed E-state index contributed by atoms with van der Waals surface area (Å²) in [5.41, 5.74) is 3.33. The third-order valence-electron chi connectivity index (χ3n) is 5.54. The van der Waals surface area contributed by atoms with Crippen LogP contribution in [0.4, 0.5) is 5.69 Å². The molecule has 0 unspecified atom stereocenters. The largest absolute Gasteiger partial charge is 0.307 e. The zero-order valence-corrected chi connectivity index (χ0v) is 15.9. The highest BCUT2D eigenvalue weighted by Crippen LogP contribution is 2.50. The van der Waals surface area contributed by atoms with E-state index >= 15 is 0 Å². The van der Waals surface area contributed by atoms with E-state index in [1.54, 1.807) is 0 Å². The van der Waals surface area contributed by atoms with Crippen LogP contribution in [0.1, 0.15) is 64.5 Å². The van der Waals surface area contributed by atoms with Gasteiger partial charge in [0.2, 0.25) is 5.91 Å². The number of nitrogens with zero attached hydrogens (tertiary/aromatic N) is 1. The minimum atomic E-state index is -0.218. The minimum Gasteiger partial charge on any atom is -0.307 e. The van der Waals surface area contributed by atoms with E-state index in [1.165, 1.54) is 11.1 Å². The number of unbranched alkanes of at least 4 members (excludes halogenated alkanes) is 1. The van der Waals surface area contributed by atoms with Gasteiger partial charge in [0, 0.05) is 23.1 Å². The summed E-state index contributed by atoms with van der Waals surface area (Å²) in [6.07, 6.45) is 3.53. The molecule has 1 heterocycles. The SMILES string of the molecule is CCCCC(=O)N1c2ccccc2[C@@](C)(c2ccccc2)CC1(C)C. The fourth-order valence-electron chi connectivity index (χ4n) is 4.48. The van der Waals surface area contributed by atoms with Crippen LogP contribution in [-0.2, 0) is 10.2 Å². The Labute approximate surface area is 151 Å². The molecule has 0 fully saturated rings. The second kappa shape index (κ2) is 6.67. The van der Waals surface area contributed by atoms with Gasteiger partial charge in [0.15, 0.2) is 0 Å². The van der Waals surface area contributed by atoms with Crippen molar-refractivity contribution in [3.05, 3.63) is 65.7 Å². The van der Waals surface area contributed by atoms with Crippen molar-refractivity contribution in [1.82, 2.24) is 0 Å². The van der Waals surface area contributed by atoms with Gasteiger partial charge in [0.1, 0.15) is 0 Å². The Kier molecular flexibility index (Phi) is 4.73. The third kappa shape index (κ3) is 3.10. The van der Waals surface area contributed by atoms with Crippen molar-refractivity contribution in [2.75, 3.05) is 4.90 Å². The van der Waals surface area contributed by atoms with E-state index in [1.807, 2.05) is 6.07 Å². The Morgan fingerprint density at radius 2 is 1.64 bits per heavy atom. The maximum atomic E-state index is 13.0. The van der Waals surface area contributed by atoms with E-state index in [-0.39, 0.29) is 16.9 Å². The second-order valence-electron chi connectivity index (χ2n) is 8.04. The van der Waals surface area contributed by atoms with Crippen molar-refractivity contribution in [2.24, 2.45) is 0 Å². The molecule has 0 aromatic heterocycles. The first-order valence-corrected chi connectivity index (χ1v) is 9.38. The molecule has 2 nitrogen and oxygen atoms in total. The van der Waals surface area contributed by atoms with Gasteiger partial charge in [0.05, 0.1) is 0 Å². The molecule has 2 heteroatoms. The summed E-state index contributed by atoms with van der Waals surface area (Å²) in [6.45, 7) is 8.85. The van der Waals surface area contributed by atoms with Gasteiger partial charge in [-0.3, -0.25) is 4.79 Å². The van der Waals surface area contributed by atoms with Crippen molar-refractivity contribution in [2.45, 2.75) is 64.3 Å². The van der Waals surface area contributed by atoms with Gasteiger partial charge in [-0.2, -0.15) is 0 Å². The number of carbonyl (C=O) groups excluding carboxylic acids is 1. The number of anilines is 1. The molecule has 0 radical (unpaired) electrons. The van der Waals surface area contributed by atoms with Crippen LogP contribution >= 0.6 is 0 Å². The van der Waals surface area contributed by atoms with Crippen LogP contribution in [0.2, 0.25) is 0 Å². The first-order valence-electron chi connectivity index (χ1n) is 9.38. The van der Waals surface area contributed by atoms with Gasteiger partial charge in [-0.15, -0.1) is 0 Å². The molecule has 1 amide bonds. The van der Waals surface area contributed by atoms with Crippen LogP contribution in [0.3, 0.4) is 0 Å². The molecular formula is C23H29NO. The zero-order valence-electron chi connectivity index (χ0n) is 15.9. The summed E-state index contributed by atoms with van der Waals surface area (Å²) in [7, 11) is 0. The van der Waals surface area contributed by atoms with Crippen LogP contribution in [0.15, 0.2) is 54.6 Å². The number of para-hydroxylation sites is 1. The first kappa shape index (κ1) is 17.7. The summed E-state index contributed by atoms with van der Waals surface area (Å²) in [5.74, 6) is 0.245. The molecule has 3 rings (SSSR count). The normalized spacial score (nSPS) is 21.7. The number of hydrogen-bond acceptors (Lipinski definition) is 1. The lowest BCUT2D eigenvalue weighted by Crippen LogP contribution is -2.55. The van der Waals surface area contributed by atoms with Gasteiger partial charge < -0.3 is 4.90 Å². The highest BCUT2D eigenvalue weighted by molar-refractivity contribution is 5.96. The van der Waals surface area contributed by atoms with Crippen molar-refractivity contribution >= 4 is 11.6 Å². The van der Waals surface area contributed by atoms with Crippen molar-refractivity contribution in [1.29, 1.82) is 0 Å². The van der Waals surface area contributed by atoms with Crippen LogP contribution in [0.25, 0.3) is 0 Å². The van der Waals surface area contributed by atoms with Crippen molar-refractivity contribution in [3.8, 4) is 0 Å². The fourth-order valence-corrected chi connectivity index (χ4v) is 4.48. The molecule has 25 heavy (non-hydrogen) atoms. The van der Waals surface area contributed by atoms with E-state index in [0.29, 0.717) is 6.42 Å². The summed E-state index contributed by atoms with van der Waals surface area (Å²) >= 11 is 0. The summed E-state index contributed by atoms with van der Waals surface area (Å²) in [5, 5.41) is 0. The first-order chi connectivity index (χ1) is 11.9. The molecule has 1 atom stereocenters. The Morgan fingerprint density at radius 1 is 1.00 bits per heavy atom. The predicted molar refractivity (Wildman–Crippen MR) is 105 cm³/mol. The lowest BCUT2D eigenvalue weighted by molar-refractivity contribution is -0.120. The fraction of sp³-hybridized carbons (Fsp3) is 0.435. The molecule has 0 aliphatic carbocycles. The molecule has 0 N–H and O–H groups in total. The summed E-state index contributed by atoms with van der Waals surface area (Å²) in [4.78, 5) is 15.1. The lowest BCUT2D eigenvalue weighted by Gasteiger charge is -2.51. The molecule has 0 saturated carbocycles. The van der Waals surface area contributed by atoms with Gasteiger partial charge in [0.25, 0.3) is 0 Å². The molecule has 2 aromatic carbocycles. The number of rotatable bonds is 4. The second-order valence-corrected chi connectivity index (χ2v) is 8.04. The molecule has 1 aliphatic heterocycles. The monoisotopic (exact) mass is 335 g/mol. The van der Waals surface area contributed by atoms with Crippen LogP contribution in [-0.4, -0.2) is 11.4 Å². The highest BCUT2D eigenvalue weighted by atomic mass is 16.2. The van der Waals surface area contributed by atoms with E-state index in [0.717, 1.165) is 24.9 Å². The Hall–Kier alpha value is -2.09. The standard InChI is InChI=1S/C23H29NO/c1-5-6-16-21(25)24-20-15-11-10-14-19(20)23(4,17-22(24,2)3)18-12-8-7-9-13-18/h7-15H,5-6,16-17H2,1-4H3/t23-/m1/s1. The zero-order chi connectivity index (χ0) is 18.1. The lowest BCUT2D eigenvalue weighted by atomic mass is 9.65. The van der Waals surface area contributed by atoms with Gasteiger partial charge >= 0.3 is 0 Å². The topological polar surface area (TPSA) is 20.3 Å². The van der Waals surface area contributed by atoms with Crippen LogP contribution in [0, 0.1) is 0 Å². The number of amides is 1. The predicted octanol–water partition coefficient (Wildman–Crippen LogP) is 5.70. The van der Waals surface area contributed by atoms with E-state index < -0.39 is 0 Å². The molecule has 2 aromatic rings. The summed E-state index contributed by atoms with van der Waals surface area (Å²) in [6, 6.07) is 19.1. The van der Waals surface area contributed by atoms with Gasteiger partial charge in [-0.25, -0.2) is 0 Å². The number of hydrogen-bond donors (Lipinski definition) is 0. The Bertz CT molecular complexity index is 750. The Morgan fingerprint density at radius 3 is 2.32 bits per heavy atom. The van der Waals surface area contributed by atoms with Gasteiger partial charge in [-0.1, -0.05) is 68.8 Å². The number of benzene rings is 2. The Balaban J connectivity index is 2.13. The molecule has 0 spiro atoms. The summed E-state index contributed by atoms with van der Waals surface area (Å²) < 4.78 is 0. The van der Waals surface area contributed by atoms with E-state index in [4.69, 9.17) is 0 Å². The molecular weight excluding hydrogens is 306 g/mol. The third-order valence-corrected chi connectivity index (χ3v) is 5.54. The quantitative estimate of drug-likeness (QED) is 0.702. The average molecular weight is 335 g/mol. The smallest absolute Gasteiger partial charge is 0.227 e. The molecule has 132 valence electrons. The average Bonchev–Trinajstić information content (AvgIpc) is 2.60. The van der Waals surface area contributed by atoms with E-state index in [9.17, 15) is 4.79 Å². The van der Waals surface area contributed by atoms with Crippen molar-refractivity contribution < 1.29 is 4.79 Å². The minimum absolute atomic E-state index is 0.0944. The van der Waals surface area contributed by atoms with E-state index in [2.05, 4.69) is 81.1 Å². The highest BCUT2D eigenvalue weighted by Gasteiger charge is 2.47. The molecule has 1 aliphatic rings. The molecule has 0 bridgehead atoms. The maximum Gasteiger partial charge on any atom is 0.227 e. The number of carbonyl (C=O) groups is 1. The van der Waals surface area contributed by atoms with Gasteiger partial charge in [-0.05, 0) is 43.9 Å². The number of fused-ring (bicyclic) bond motifs is 1. The van der Waals surface area contributed by atoms with Crippen LogP contribution < -0.4 is 4.90 Å². The van der Waals surface area contributed by atoms with Crippen LogP contribution in [0.5, 0.6) is 0 Å². The molecule has 0 saturated heterocycles. The van der Waals surface area contributed by atoms with Crippen molar-refractivity contribution in [3.63, 3.8) is 0 Å².